The molecule has 0 heterocycles. The van der Waals surface area contributed by atoms with Crippen molar-refractivity contribution in [1.82, 2.24) is 0 Å². The predicted octanol–water partition coefficient (Wildman–Crippen LogP) is 0.223. The first-order valence-electron chi connectivity index (χ1n) is 4.80. The highest BCUT2D eigenvalue weighted by molar-refractivity contribution is 5.73. The smallest absolute Gasteiger partial charge is 0.337 e. The number of carbonyl (C=O) groups is 2. The predicted molar refractivity (Wildman–Crippen MR) is 60.3 cm³/mol. The van der Waals surface area contributed by atoms with Crippen LogP contribution >= 0.6 is 0 Å². The van der Waals surface area contributed by atoms with Crippen LogP contribution in [-0.2, 0) is 9.59 Å². The van der Waals surface area contributed by atoms with E-state index in [0.29, 0.717) is 5.56 Å². The van der Waals surface area contributed by atoms with Crippen molar-refractivity contribution in [3.8, 4) is 0 Å². The Balaban J connectivity index is 0.000000366. The molecule has 0 saturated carbocycles. The van der Waals surface area contributed by atoms with Gasteiger partial charge in [0, 0.05) is 0 Å². The van der Waals surface area contributed by atoms with Crippen LogP contribution in [0.3, 0.4) is 0 Å². The third kappa shape index (κ3) is 6.29. The Hall–Kier alpha value is -1.92. The Bertz CT molecular complexity index is 363. The summed E-state index contributed by atoms with van der Waals surface area (Å²) in [7, 11) is 0. The number of hydrogen-bond acceptors (Lipinski definition) is 4. The van der Waals surface area contributed by atoms with Crippen LogP contribution in [0.25, 0.3) is 0 Å². The Morgan fingerprint density at radius 2 is 1.53 bits per heavy atom. The van der Waals surface area contributed by atoms with Gasteiger partial charge in [0.05, 0.1) is 0 Å². The average Bonchev–Trinajstić information content (AvgIpc) is 2.29. The Morgan fingerprint density at radius 3 is 1.82 bits per heavy atom. The molecule has 2 atom stereocenters. The molecule has 6 nitrogen and oxygen atoms in total. The van der Waals surface area contributed by atoms with Crippen molar-refractivity contribution >= 4 is 11.9 Å². The van der Waals surface area contributed by atoms with Gasteiger partial charge < -0.3 is 21.1 Å². The SMILES string of the molecule is C[C@H](N)C(=O)O.O=C(O)[C@H](O)c1ccccc1. The summed E-state index contributed by atoms with van der Waals surface area (Å²) in [4.78, 5) is 19.8. The molecule has 0 bridgehead atoms. The lowest BCUT2D eigenvalue weighted by atomic mass is 10.1. The summed E-state index contributed by atoms with van der Waals surface area (Å²) in [6.45, 7) is 1.42. The van der Waals surface area contributed by atoms with Gasteiger partial charge in [0.2, 0.25) is 0 Å². The van der Waals surface area contributed by atoms with Gasteiger partial charge in [-0.25, -0.2) is 4.79 Å². The van der Waals surface area contributed by atoms with E-state index in [2.05, 4.69) is 0 Å². The quantitative estimate of drug-likeness (QED) is 0.600. The van der Waals surface area contributed by atoms with E-state index < -0.39 is 24.1 Å². The molecule has 1 aromatic rings. The molecule has 5 N–H and O–H groups in total. The molecule has 1 rings (SSSR count). The molecule has 0 saturated heterocycles. The van der Waals surface area contributed by atoms with Gasteiger partial charge in [-0.3, -0.25) is 4.79 Å². The highest BCUT2D eigenvalue weighted by Crippen LogP contribution is 2.10. The summed E-state index contributed by atoms with van der Waals surface area (Å²) < 4.78 is 0. The van der Waals surface area contributed by atoms with E-state index in [4.69, 9.17) is 21.1 Å². The molecule has 94 valence electrons. The van der Waals surface area contributed by atoms with Crippen molar-refractivity contribution < 1.29 is 24.9 Å². The number of benzene rings is 1. The monoisotopic (exact) mass is 241 g/mol. The fraction of sp³-hybridized carbons (Fsp3) is 0.273. The standard InChI is InChI=1S/C8H8O3.C3H7NO2/c9-7(8(10)11)6-4-2-1-3-5-6;1-2(4)3(5)6/h1-5,7,9H,(H,10,11);2H,4H2,1H3,(H,5,6)/t7-;2-/m10/s1. The van der Waals surface area contributed by atoms with Crippen molar-refractivity contribution in [2.24, 2.45) is 5.73 Å². The van der Waals surface area contributed by atoms with Gasteiger partial charge >= 0.3 is 11.9 Å². The number of carboxylic acid groups (broad SMARTS) is 2. The minimum absolute atomic E-state index is 0.403. The van der Waals surface area contributed by atoms with Crippen LogP contribution in [0.5, 0.6) is 0 Å². The van der Waals surface area contributed by atoms with Crippen molar-refractivity contribution in [3.63, 3.8) is 0 Å². The van der Waals surface area contributed by atoms with Gasteiger partial charge in [0.15, 0.2) is 6.10 Å². The summed E-state index contributed by atoms with van der Waals surface area (Å²) in [5.41, 5.74) is 5.24. The van der Waals surface area contributed by atoms with Gasteiger partial charge in [-0.05, 0) is 12.5 Å². The largest absolute Gasteiger partial charge is 0.480 e. The summed E-state index contributed by atoms with van der Waals surface area (Å²) in [6, 6.07) is 7.53. The highest BCUT2D eigenvalue weighted by Gasteiger charge is 2.14. The molecule has 1 aromatic carbocycles. The first kappa shape index (κ1) is 15.1. The molecule has 0 fully saturated rings. The maximum absolute atomic E-state index is 10.2. The number of aliphatic hydroxyl groups is 1. The molecular formula is C11H15NO5. The average molecular weight is 241 g/mol. The Morgan fingerprint density at radius 1 is 1.12 bits per heavy atom. The lowest BCUT2D eigenvalue weighted by molar-refractivity contribution is -0.147. The molecule has 0 radical (unpaired) electrons. The second kappa shape index (κ2) is 7.37. The van der Waals surface area contributed by atoms with E-state index in [-0.39, 0.29) is 0 Å². The zero-order chi connectivity index (χ0) is 13.4. The number of rotatable bonds is 3. The van der Waals surface area contributed by atoms with Crippen molar-refractivity contribution in [2.75, 3.05) is 0 Å². The van der Waals surface area contributed by atoms with Crippen LogP contribution in [0.15, 0.2) is 30.3 Å². The van der Waals surface area contributed by atoms with Gasteiger partial charge in [-0.1, -0.05) is 30.3 Å². The molecule has 0 aliphatic carbocycles. The summed E-state index contributed by atoms with van der Waals surface area (Å²) in [5.74, 6) is -2.19. The summed E-state index contributed by atoms with van der Waals surface area (Å²) in [6.07, 6.45) is -1.41. The van der Waals surface area contributed by atoms with Gasteiger partial charge in [-0.15, -0.1) is 0 Å². The maximum Gasteiger partial charge on any atom is 0.337 e. The maximum atomic E-state index is 10.2. The van der Waals surface area contributed by atoms with Gasteiger partial charge in [0.1, 0.15) is 6.04 Å². The van der Waals surface area contributed by atoms with Crippen LogP contribution in [0.1, 0.15) is 18.6 Å². The topological polar surface area (TPSA) is 121 Å². The van der Waals surface area contributed by atoms with E-state index in [1.807, 2.05) is 0 Å². The molecule has 0 aliphatic rings. The fourth-order valence-corrected chi connectivity index (χ4v) is 0.778. The van der Waals surface area contributed by atoms with Crippen LogP contribution in [0, 0.1) is 0 Å². The molecular weight excluding hydrogens is 226 g/mol. The van der Waals surface area contributed by atoms with Gasteiger partial charge in [-0.2, -0.15) is 0 Å². The van der Waals surface area contributed by atoms with E-state index in [1.54, 1.807) is 30.3 Å². The van der Waals surface area contributed by atoms with Crippen LogP contribution in [0.2, 0.25) is 0 Å². The number of nitrogens with two attached hydrogens (primary N) is 1. The molecule has 0 aliphatic heterocycles. The zero-order valence-electron chi connectivity index (χ0n) is 9.28. The highest BCUT2D eigenvalue weighted by atomic mass is 16.4. The van der Waals surface area contributed by atoms with Crippen LogP contribution in [-0.4, -0.2) is 33.3 Å². The third-order valence-corrected chi connectivity index (χ3v) is 1.74. The Kier molecular flexibility index (Phi) is 6.54. The van der Waals surface area contributed by atoms with Crippen LogP contribution in [0.4, 0.5) is 0 Å². The molecule has 0 unspecified atom stereocenters. The van der Waals surface area contributed by atoms with E-state index in [1.165, 1.54) is 6.92 Å². The minimum Gasteiger partial charge on any atom is -0.480 e. The fourth-order valence-electron chi connectivity index (χ4n) is 0.778. The normalized spacial score (nSPS) is 12.9. The summed E-state index contributed by atoms with van der Waals surface area (Å²) >= 11 is 0. The first-order valence-corrected chi connectivity index (χ1v) is 4.80. The second-order valence-corrected chi connectivity index (χ2v) is 3.28. The van der Waals surface area contributed by atoms with Crippen molar-refractivity contribution in [1.29, 1.82) is 0 Å². The molecule has 17 heavy (non-hydrogen) atoms. The number of aliphatic carboxylic acids is 2. The van der Waals surface area contributed by atoms with E-state index >= 15 is 0 Å². The first-order chi connectivity index (χ1) is 7.86. The zero-order valence-corrected chi connectivity index (χ0v) is 9.28. The van der Waals surface area contributed by atoms with Crippen LogP contribution < -0.4 is 5.73 Å². The number of carboxylic acids is 2. The number of hydrogen-bond donors (Lipinski definition) is 4. The molecule has 0 spiro atoms. The second-order valence-electron chi connectivity index (χ2n) is 3.28. The molecule has 0 aromatic heterocycles. The third-order valence-electron chi connectivity index (χ3n) is 1.74. The van der Waals surface area contributed by atoms with E-state index in [0.717, 1.165) is 0 Å². The van der Waals surface area contributed by atoms with E-state index in [9.17, 15) is 9.59 Å². The lowest BCUT2D eigenvalue weighted by Gasteiger charge is -2.03. The summed E-state index contributed by atoms with van der Waals surface area (Å²) in [5, 5.41) is 25.2. The lowest BCUT2D eigenvalue weighted by Crippen LogP contribution is -2.25. The Labute approximate surface area is 98.3 Å². The van der Waals surface area contributed by atoms with Crippen molar-refractivity contribution in [2.45, 2.75) is 19.1 Å². The molecule has 6 heteroatoms. The van der Waals surface area contributed by atoms with Gasteiger partial charge in [0.25, 0.3) is 0 Å². The number of aliphatic hydroxyl groups excluding tert-OH is 1. The van der Waals surface area contributed by atoms with Crippen molar-refractivity contribution in [3.05, 3.63) is 35.9 Å². The molecule has 0 amide bonds. The minimum atomic E-state index is -1.41.